The molecule has 1 amide bonds. The summed E-state index contributed by atoms with van der Waals surface area (Å²) in [6, 6.07) is 19.7. The maximum atomic E-state index is 12.8. The lowest BCUT2D eigenvalue weighted by Crippen LogP contribution is -2.39. The zero-order valence-corrected chi connectivity index (χ0v) is 19.7. The number of benzene rings is 3. The van der Waals surface area contributed by atoms with E-state index in [1.165, 1.54) is 0 Å². The quantitative estimate of drug-likeness (QED) is 0.342. The van der Waals surface area contributed by atoms with Gasteiger partial charge >= 0.3 is 0 Å². The lowest BCUT2D eigenvalue weighted by Gasteiger charge is -2.16. The largest absolute Gasteiger partial charge is 0.285 e. The molecule has 1 N–H and O–H groups in total. The van der Waals surface area contributed by atoms with E-state index in [9.17, 15) is 4.79 Å². The molecule has 5 rings (SSSR count). The molecule has 4 nitrogen and oxygen atoms in total. The van der Waals surface area contributed by atoms with E-state index in [2.05, 4.69) is 27.4 Å². The molecule has 7 heteroatoms. The van der Waals surface area contributed by atoms with Gasteiger partial charge in [0.15, 0.2) is 0 Å². The second kappa shape index (κ2) is 8.79. The molecule has 2 aliphatic rings. The van der Waals surface area contributed by atoms with Crippen molar-refractivity contribution in [3.05, 3.63) is 86.8 Å². The van der Waals surface area contributed by atoms with E-state index in [4.69, 9.17) is 16.6 Å². The van der Waals surface area contributed by atoms with Gasteiger partial charge in [-0.3, -0.25) is 10.2 Å². The first kappa shape index (κ1) is 20.8. The first-order chi connectivity index (χ1) is 15.1. The van der Waals surface area contributed by atoms with Crippen molar-refractivity contribution >= 4 is 56.6 Å². The molecule has 2 aliphatic heterocycles. The molecule has 156 valence electrons. The zero-order chi connectivity index (χ0) is 21.4. The first-order valence-corrected chi connectivity index (χ1v) is 12.1. The number of carbonyl (C=O) groups excluding carboxylic acids is 1. The van der Waals surface area contributed by atoms with Crippen molar-refractivity contribution in [1.82, 2.24) is 10.4 Å². The van der Waals surface area contributed by atoms with Crippen LogP contribution in [0.5, 0.6) is 0 Å². The van der Waals surface area contributed by atoms with Crippen molar-refractivity contribution < 1.29 is 4.79 Å². The molecule has 0 atom stereocenters. The highest BCUT2D eigenvalue weighted by atomic mass is 79.9. The van der Waals surface area contributed by atoms with E-state index < -0.39 is 0 Å². The van der Waals surface area contributed by atoms with Crippen molar-refractivity contribution in [2.24, 2.45) is 4.99 Å². The number of hydrogen-bond donors (Lipinski definition) is 1. The maximum absolute atomic E-state index is 12.8. The summed E-state index contributed by atoms with van der Waals surface area (Å²) in [4.78, 5) is 19.9. The maximum Gasteiger partial charge on any atom is 0.265 e. The zero-order valence-electron chi connectivity index (χ0n) is 16.6. The minimum atomic E-state index is -0.0984. The van der Waals surface area contributed by atoms with E-state index in [-0.39, 0.29) is 5.91 Å². The molecular weight excluding hydrogens is 494 g/mol. The Kier molecular flexibility index (Phi) is 5.89. The van der Waals surface area contributed by atoms with Crippen LogP contribution in [0.2, 0.25) is 5.02 Å². The number of hydrogen-bond acceptors (Lipinski definition) is 4. The Morgan fingerprint density at radius 2 is 1.87 bits per heavy atom. The van der Waals surface area contributed by atoms with Gasteiger partial charge in [0.05, 0.1) is 11.4 Å². The summed E-state index contributed by atoms with van der Waals surface area (Å²) in [5, 5.41) is 2.67. The lowest BCUT2D eigenvalue weighted by molar-refractivity contribution is 0.0826. The normalized spacial score (nSPS) is 15.6. The van der Waals surface area contributed by atoms with Gasteiger partial charge in [-0.1, -0.05) is 57.5 Å². The number of halogens is 2. The smallest absolute Gasteiger partial charge is 0.265 e. The van der Waals surface area contributed by atoms with Gasteiger partial charge in [0.2, 0.25) is 0 Å². The summed E-state index contributed by atoms with van der Waals surface area (Å²) < 4.78 is 0.985. The predicted molar refractivity (Wildman–Crippen MR) is 130 cm³/mol. The molecule has 31 heavy (non-hydrogen) atoms. The topological polar surface area (TPSA) is 44.7 Å². The van der Waals surface area contributed by atoms with Crippen molar-refractivity contribution in [2.75, 3.05) is 13.1 Å². The Balaban J connectivity index is 1.59. The fourth-order valence-corrected chi connectivity index (χ4v) is 5.48. The highest BCUT2D eigenvalue weighted by molar-refractivity contribution is 9.10. The van der Waals surface area contributed by atoms with Crippen LogP contribution in [0.4, 0.5) is 5.69 Å². The summed E-state index contributed by atoms with van der Waals surface area (Å²) in [7, 11) is 0. The number of nitrogens with one attached hydrogen (secondary N) is 1. The molecule has 1 fully saturated rings. The van der Waals surface area contributed by atoms with Crippen molar-refractivity contribution in [3.63, 3.8) is 0 Å². The van der Waals surface area contributed by atoms with Crippen LogP contribution in [-0.2, 0) is 0 Å². The van der Waals surface area contributed by atoms with E-state index in [1.54, 1.807) is 11.8 Å². The molecule has 1 saturated heterocycles. The Bertz CT molecular complexity index is 1210. The standard InChI is InChI=1S/C24H19BrClN3OS/c25-17-5-3-4-15(12-17)23-19-8-7-18(26)14-22(19)31-21-9-6-16(13-20(21)27-23)24(30)28-29-10-1-2-11-29/h3-9,12-14H,1-2,10-11H2,(H,28,30). The summed E-state index contributed by atoms with van der Waals surface area (Å²) in [6.07, 6.45) is 2.23. The molecule has 0 unspecified atom stereocenters. The summed E-state index contributed by atoms with van der Waals surface area (Å²) in [6.45, 7) is 1.79. The van der Waals surface area contributed by atoms with Crippen LogP contribution in [0.3, 0.4) is 0 Å². The van der Waals surface area contributed by atoms with Crippen LogP contribution < -0.4 is 5.43 Å². The second-order valence-corrected chi connectivity index (χ2v) is 9.97. The van der Waals surface area contributed by atoms with E-state index in [0.717, 1.165) is 62.7 Å². The van der Waals surface area contributed by atoms with Gasteiger partial charge < -0.3 is 0 Å². The van der Waals surface area contributed by atoms with E-state index in [1.807, 2.05) is 59.6 Å². The molecule has 0 spiro atoms. The third kappa shape index (κ3) is 4.44. The minimum Gasteiger partial charge on any atom is -0.285 e. The van der Waals surface area contributed by atoms with Crippen LogP contribution in [0.25, 0.3) is 0 Å². The van der Waals surface area contributed by atoms with Gasteiger partial charge in [0.25, 0.3) is 5.91 Å². The average molecular weight is 513 g/mol. The lowest BCUT2D eigenvalue weighted by atomic mass is 10.0. The number of fused-ring (bicyclic) bond motifs is 2. The Labute approximate surface area is 198 Å². The van der Waals surface area contributed by atoms with Crippen LogP contribution in [0, 0.1) is 0 Å². The molecule has 0 saturated carbocycles. The number of nitrogens with zero attached hydrogens (tertiary/aromatic N) is 2. The van der Waals surface area contributed by atoms with Gasteiger partial charge in [-0.25, -0.2) is 10.0 Å². The molecule has 0 bridgehead atoms. The molecule has 0 aliphatic carbocycles. The molecule has 0 radical (unpaired) electrons. The summed E-state index contributed by atoms with van der Waals surface area (Å²) in [5.74, 6) is -0.0984. The van der Waals surface area contributed by atoms with Crippen molar-refractivity contribution in [2.45, 2.75) is 22.6 Å². The number of amides is 1. The number of hydrazine groups is 1. The Morgan fingerprint density at radius 3 is 2.68 bits per heavy atom. The van der Waals surface area contributed by atoms with Gasteiger partial charge in [-0.15, -0.1) is 0 Å². The third-order valence-corrected chi connectivity index (χ3v) is 7.19. The number of carbonyl (C=O) groups is 1. The molecule has 0 aromatic heterocycles. The molecule has 2 heterocycles. The van der Waals surface area contributed by atoms with Crippen LogP contribution in [0.1, 0.15) is 34.3 Å². The highest BCUT2D eigenvalue weighted by Crippen LogP contribution is 2.42. The fourth-order valence-electron chi connectivity index (χ4n) is 3.80. The molecule has 3 aromatic rings. The summed E-state index contributed by atoms with van der Waals surface area (Å²) >= 11 is 11.5. The first-order valence-electron chi connectivity index (χ1n) is 10.1. The second-order valence-electron chi connectivity index (χ2n) is 7.53. The van der Waals surface area contributed by atoms with Crippen LogP contribution in [-0.4, -0.2) is 29.7 Å². The van der Waals surface area contributed by atoms with Crippen LogP contribution in [0.15, 0.2) is 79.9 Å². The summed E-state index contributed by atoms with van der Waals surface area (Å²) in [5.41, 5.74) is 7.27. The van der Waals surface area contributed by atoms with Crippen LogP contribution >= 0.6 is 39.3 Å². The SMILES string of the molecule is O=C(NN1CCCC1)c1ccc2c(c1)N=C(c1cccc(Br)c1)c1ccc(Cl)cc1S2. The van der Waals surface area contributed by atoms with Gasteiger partial charge in [0.1, 0.15) is 0 Å². The predicted octanol–water partition coefficient (Wildman–Crippen LogP) is 6.48. The Morgan fingerprint density at radius 1 is 1.03 bits per heavy atom. The van der Waals surface area contributed by atoms with E-state index >= 15 is 0 Å². The Hall–Kier alpha value is -2.12. The molecular formula is C24H19BrClN3OS. The minimum absolute atomic E-state index is 0.0984. The average Bonchev–Trinajstić information content (AvgIpc) is 3.20. The van der Waals surface area contributed by atoms with Crippen molar-refractivity contribution in [1.29, 1.82) is 0 Å². The van der Waals surface area contributed by atoms with Gasteiger partial charge in [-0.05, 0) is 55.3 Å². The number of rotatable bonds is 3. The van der Waals surface area contributed by atoms with E-state index in [0.29, 0.717) is 10.6 Å². The molecule has 3 aromatic carbocycles. The monoisotopic (exact) mass is 511 g/mol. The number of aliphatic imine (C=N–C) groups is 1. The van der Waals surface area contributed by atoms with Gasteiger partial charge in [-0.2, -0.15) is 0 Å². The van der Waals surface area contributed by atoms with Gasteiger partial charge in [0, 0.05) is 49.1 Å². The highest BCUT2D eigenvalue weighted by Gasteiger charge is 2.21. The third-order valence-electron chi connectivity index (χ3n) is 5.34. The van der Waals surface area contributed by atoms with Crippen molar-refractivity contribution in [3.8, 4) is 0 Å². The fraction of sp³-hybridized carbons (Fsp3) is 0.167.